The molecule has 128 valence electrons. The van der Waals surface area contributed by atoms with Gasteiger partial charge in [-0.2, -0.15) is 13.2 Å². The van der Waals surface area contributed by atoms with Crippen molar-refractivity contribution in [1.29, 1.82) is 0 Å². The molecule has 1 rings (SSSR count). The zero-order chi connectivity index (χ0) is 18.3. The van der Waals surface area contributed by atoms with Crippen LogP contribution >= 0.6 is 0 Å². The number of ether oxygens (including phenoxy) is 3. The van der Waals surface area contributed by atoms with Gasteiger partial charge in [0, 0.05) is 11.6 Å². The molecule has 0 spiro atoms. The highest BCUT2D eigenvalue weighted by atomic mass is 19.4. The molecule has 0 amide bonds. The van der Waals surface area contributed by atoms with Gasteiger partial charge in [-0.1, -0.05) is 13.2 Å². The van der Waals surface area contributed by atoms with Crippen LogP contribution in [0.5, 0.6) is 11.5 Å². The Labute approximate surface area is 135 Å². The molecule has 5 nitrogen and oxygen atoms in total. The first-order valence-corrected chi connectivity index (χ1v) is 6.38. The van der Waals surface area contributed by atoms with Crippen LogP contribution in [0.3, 0.4) is 0 Å². The first-order chi connectivity index (χ1) is 11.1. The Balaban J connectivity index is 2.95. The second-order valence-corrected chi connectivity index (χ2v) is 4.36. The van der Waals surface area contributed by atoms with Gasteiger partial charge in [0.15, 0.2) is 0 Å². The van der Waals surface area contributed by atoms with E-state index in [0.717, 1.165) is 30.7 Å². The number of carbonyl (C=O) groups excluding carboxylic acids is 2. The Hall–Kier alpha value is -3.03. The normalized spacial score (nSPS) is 11.0. The SMILES string of the molecule is C=CC(=O)Oc1ccc(O/C=C\OC(=O)C(=C)C)c(C(F)(F)F)c1. The van der Waals surface area contributed by atoms with Crippen LogP contribution in [0.15, 0.2) is 55.5 Å². The van der Waals surface area contributed by atoms with Gasteiger partial charge >= 0.3 is 18.1 Å². The van der Waals surface area contributed by atoms with E-state index >= 15 is 0 Å². The van der Waals surface area contributed by atoms with Crippen LogP contribution < -0.4 is 9.47 Å². The highest BCUT2D eigenvalue weighted by Crippen LogP contribution is 2.38. The van der Waals surface area contributed by atoms with Gasteiger partial charge in [0.2, 0.25) is 0 Å². The smallest absolute Gasteiger partial charge is 0.420 e. The highest BCUT2D eigenvalue weighted by molar-refractivity contribution is 5.87. The molecule has 0 unspecified atom stereocenters. The fourth-order valence-corrected chi connectivity index (χ4v) is 1.35. The summed E-state index contributed by atoms with van der Waals surface area (Å²) < 4.78 is 53.1. The first kappa shape index (κ1) is 19.0. The lowest BCUT2D eigenvalue weighted by atomic mass is 10.2. The Morgan fingerprint density at radius 3 is 2.42 bits per heavy atom. The molecule has 1 aromatic rings. The van der Waals surface area contributed by atoms with Gasteiger partial charge in [-0.15, -0.1) is 0 Å². The van der Waals surface area contributed by atoms with E-state index < -0.39 is 29.4 Å². The third-order valence-corrected chi connectivity index (χ3v) is 2.42. The molecule has 8 heteroatoms. The molecule has 1 aromatic carbocycles. The van der Waals surface area contributed by atoms with Crippen LogP contribution in [0, 0.1) is 0 Å². The van der Waals surface area contributed by atoms with E-state index in [9.17, 15) is 22.8 Å². The number of esters is 2. The summed E-state index contributed by atoms with van der Waals surface area (Å²) in [6.45, 7) is 7.88. The first-order valence-electron chi connectivity index (χ1n) is 6.38. The average molecular weight is 342 g/mol. The summed E-state index contributed by atoms with van der Waals surface area (Å²) in [5, 5.41) is 0. The van der Waals surface area contributed by atoms with Crippen molar-refractivity contribution in [3.8, 4) is 11.5 Å². The predicted octanol–water partition coefficient (Wildman–Crippen LogP) is 3.77. The van der Waals surface area contributed by atoms with Gasteiger partial charge in [-0.3, -0.25) is 0 Å². The summed E-state index contributed by atoms with van der Waals surface area (Å²) in [6, 6.07) is 2.67. The van der Waals surface area contributed by atoms with Gasteiger partial charge in [-0.25, -0.2) is 9.59 Å². The number of hydrogen-bond acceptors (Lipinski definition) is 5. The molecule has 0 N–H and O–H groups in total. The van der Waals surface area contributed by atoms with Crippen molar-refractivity contribution in [2.75, 3.05) is 0 Å². The summed E-state index contributed by atoms with van der Waals surface area (Å²) in [7, 11) is 0. The predicted molar refractivity (Wildman–Crippen MR) is 78.0 cm³/mol. The Kier molecular flexibility index (Phi) is 6.34. The van der Waals surface area contributed by atoms with Gasteiger partial charge in [0.1, 0.15) is 29.6 Å². The van der Waals surface area contributed by atoms with Crippen LogP contribution in [-0.4, -0.2) is 11.9 Å². The monoisotopic (exact) mass is 342 g/mol. The maximum Gasteiger partial charge on any atom is 0.420 e. The third-order valence-electron chi connectivity index (χ3n) is 2.42. The van der Waals surface area contributed by atoms with E-state index in [0.29, 0.717) is 6.07 Å². The Morgan fingerprint density at radius 2 is 1.88 bits per heavy atom. The molecule has 0 atom stereocenters. The number of hydrogen-bond donors (Lipinski definition) is 0. The molecule has 0 radical (unpaired) electrons. The van der Waals surface area contributed by atoms with Crippen molar-refractivity contribution < 1.29 is 37.0 Å². The minimum Gasteiger partial charge on any atom is -0.461 e. The molecular weight excluding hydrogens is 329 g/mol. The second-order valence-electron chi connectivity index (χ2n) is 4.36. The fourth-order valence-electron chi connectivity index (χ4n) is 1.35. The zero-order valence-corrected chi connectivity index (χ0v) is 12.6. The summed E-state index contributed by atoms with van der Waals surface area (Å²) in [6.07, 6.45) is -2.39. The molecule has 0 aromatic heterocycles. The van der Waals surface area contributed by atoms with E-state index in [2.05, 4.69) is 22.6 Å². The number of rotatable bonds is 6. The average Bonchev–Trinajstić information content (AvgIpc) is 2.50. The topological polar surface area (TPSA) is 61.8 Å². The van der Waals surface area contributed by atoms with E-state index in [4.69, 9.17) is 4.74 Å². The molecule has 0 bridgehead atoms. The number of halogens is 3. The van der Waals surface area contributed by atoms with E-state index in [1.165, 1.54) is 6.92 Å². The lowest BCUT2D eigenvalue weighted by molar-refractivity contribution is -0.139. The van der Waals surface area contributed by atoms with Crippen LogP contribution in [-0.2, 0) is 20.5 Å². The Bertz CT molecular complexity index is 689. The molecule has 0 fully saturated rings. The molecule has 0 aliphatic heterocycles. The van der Waals surface area contributed by atoms with E-state index in [-0.39, 0.29) is 11.3 Å². The summed E-state index contributed by atoms with van der Waals surface area (Å²) in [4.78, 5) is 22.1. The molecule has 24 heavy (non-hydrogen) atoms. The molecule has 0 heterocycles. The van der Waals surface area contributed by atoms with Crippen LogP contribution in [0.4, 0.5) is 13.2 Å². The molecular formula is C16H13F3O5. The summed E-state index contributed by atoms with van der Waals surface area (Å²) in [5.41, 5.74) is -1.06. The lowest BCUT2D eigenvalue weighted by Gasteiger charge is -2.13. The number of alkyl halides is 3. The lowest BCUT2D eigenvalue weighted by Crippen LogP contribution is -2.09. The Morgan fingerprint density at radius 1 is 1.21 bits per heavy atom. The summed E-state index contributed by atoms with van der Waals surface area (Å²) in [5.74, 6) is -2.54. The standard InChI is InChI=1S/C16H13F3O5/c1-4-14(20)24-11-5-6-13(12(9-11)16(17,18)19)22-7-8-23-15(21)10(2)3/h4-9H,1-2H2,3H3/b8-7-. The number of benzene rings is 1. The minimum absolute atomic E-state index is 0.115. The zero-order valence-electron chi connectivity index (χ0n) is 12.6. The molecule has 0 saturated heterocycles. The van der Waals surface area contributed by atoms with Crippen LogP contribution in [0.2, 0.25) is 0 Å². The largest absolute Gasteiger partial charge is 0.461 e. The van der Waals surface area contributed by atoms with Gasteiger partial charge < -0.3 is 14.2 Å². The van der Waals surface area contributed by atoms with Crippen LogP contribution in [0.25, 0.3) is 0 Å². The van der Waals surface area contributed by atoms with E-state index in [1.807, 2.05) is 0 Å². The van der Waals surface area contributed by atoms with Crippen molar-refractivity contribution >= 4 is 11.9 Å². The molecule has 0 saturated carbocycles. The third kappa shape index (κ3) is 5.64. The molecule has 0 aliphatic carbocycles. The fraction of sp³-hybridized carbons (Fsp3) is 0.125. The maximum atomic E-state index is 13.0. The van der Waals surface area contributed by atoms with E-state index in [1.54, 1.807) is 0 Å². The minimum atomic E-state index is -4.76. The second kappa shape index (κ2) is 8.00. The van der Waals surface area contributed by atoms with Crippen molar-refractivity contribution in [2.45, 2.75) is 13.1 Å². The van der Waals surface area contributed by atoms with Crippen molar-refractivity contribution in [3.05, 3.63) is 61.1 Å². The maximum absolute atomic E-state index is 13.0. The van der Waals surface area contributed by atoms with Crippen molar-refractivity contribution in [3.63, 3.8) is 0 Å². The number of carbonyl (C=O) groups is 2. The van der Waals surface area contributed by atoms with Gasteiger partial charge in [0.05, 0.1) is 0 Å². The van der Waals surface area contributed by atoms with Gasteiger partial charge in [0.25, 0.3) is 0 Å². The van der Waals surface area contributed by atoms with Crippen molar-refractivity contribution in [1.82, 2.24) is 0 Å². The highest BCUT2D eigenvalue weighted by Gasteiger charge is 2.35. The van der Waals surface area contributed by atoms with Gasteiger partial charge in [-0.05, 0) is 25.1 Å². The van der Waals surface area contributed by atoms with Crippen LogP contribution in [0.1, 0.15) is 12.5 Å². The summed E-state index contributed by atoms with van der Waals surface area (Å²) >= 11 is 0. The molecule has 0 aliphatic rings. The van der Waals surface area contributed by atoms with Crippen molar-refractivity contribution in [2.24, 2.45) is 0 Å². The quantitative estimate of drug-likeness (QED) is 0.341.